The number of nitrogens with zero attached hydrogens (tertiary/aromatic N) is 4. The maximum absolute atomic E-state index is 5.62. The van der Waals surface area contributed by atoms with E-state index in [-0.39, 0.29) is 0 Å². The molecule has 1 aliphatic rings. The average Bonchev–Trinajstić information content (AvgIpc) is 2.73. The van der Waals surface area contributed by atoms with Crippen LogP contribution in [-0.4, -0.2) is 19.7 Å². The van der Waals surface area contributed by atoms with E-state index in [4.69, 9.17) is 4.74 Å². The van der Waals surface area contributed by atoms with Crippen LogP contribution < -0.4 is 4.74 Å². The van der Waals surface area contributed by atoms with Crippen molar-refractivity contribution < 1.29 is 4.74 Å². The van der Waals surface area contributed by atoms with Crippen LogP contribution in [0.1, 0.15) is 25.6 Å². The Morgan fingerprint density at radius 1 is 1.38 bits per heavy atom. The molecule has 0 atom stereocenters. The van der Waals surface area contributed by atoms with E-state index in [1.54, 1.807) is 12.4 Å². The summed E-state index contributed by atoms with van der Waals surface area (Å²) in [6, 6.07) is 1.90. The molecule has 0 spiro atoms. The van der Waals surface area contributed by atoms with Gasteiger partial charge in [-0.3, -0.25) is 9.55 Å². The molecular weight excluding hydrogens is 204 g/mol. The fourth-order valence-corrected chi connectivity index (χ4v) is 1.88. The Kier molecular flexibility index (Phi) is 1.92. The molecule has 2 aromatic rings. The van der Waals surface area contributed by atoms with Crippen molar-refractivity contribution in [1.82, 2.24) is 19.7 Å². The Morgan fingerprint density at radius 2 is 2.25 bits per heavy atom. The van der Waals surface area contributed by atoms with E-state index in [2.05, 4.69) is 29.0 Å². The predicted octanol–water partition coefficient (Wildman–Crippen LogP) is 1.81. The van der Waals surface area contributed by atoms with E-state index in [0.717, 1.165) is 23.0 Å². The van der Waals surface area contributed by atoms with Crippen LogP contribution >= 0.6 is 0 Å². The minimum atomic E-state index is 0.341. The fourth-order valence-electron chi connectivity index (χ4n) is 1.88. The molecule has 0 aromatic carbocycles. The van der Waals surface area contributed by atoms with E-state index in [1.807, 2.05) is 10.6 Å². The van der Waals surface area contributed by atoms with Crippen molar-refractivity contribution >= 4 is 0 Å². The molecule has 0 N–H and O–H groups in total. The van der Waals surface area contributed by atoms with Gasteiger partial charge in [0.1, 0.15) is 5.82 Å². The molecule has 5 nitrogen and oxygen atoms in total. The largest absolute Gasteiger partial charge is 0.470 e. The van der Waals surface area contributed by atoms with Crippen molar-refractivity contribution in [2.45, 2.75) is 26.5 Å². The van der Waals surface area contributed by atoms with Crippen molar-refractivity contribution in [2.75, 3.05) is 0 Å². The molecule has 1 aliphatic heterocycles. The van der Waals surface area contributed by atoms with Crippen LogP contribution in [-0.2, 0) is 6.73 Å². The van der Waals surface area contributed by atoms with Crippen LogP contribution in [0.25, 0.3) is 11.4 Å². The summed E-state index contributed by atoms with van der Waals surface area (Å²) < 4.78 is 7.63. The normalized spacial score (nSPS) is 13.2. The first kappa shape index (κ1) is 9.33. The molecule has 0 bridgehead atoms. The van der Waals surface area contributed by atoms with Gasteiger partial charge in [0.25, 0.3) is 0 Å². The highest BCUT2D eigenvalue weighted by Gasteiger charge is 2.23. The first-order valence-electron chi connectivity index (χ1n) is 5.27. The van der Waals surface area contributed by atoms with Crippen LogP contribution in [0.5, 0.6) is 5.75 Å². The molecular formula is C11H12N4O. The van der Waals surface area contributed by atoms with Crippen LogP contribution in [0.15, 0.2) is 18.5 Å². The summed E-state index contributed by atoms with van der Waals surface area (Å²) in [6.45, 7) is 4.66. The minimum Gasteiger partial charge on any atom is -0.470 e. The summed E-state index contributed by atoms with van der Waals surface area (Å²) in [5.41, 5.74) is 0.959. The van der Waals surface area contributed by atoms with Gasteiger partial charge in [-0.25, -0.2) is 0 Å². The number of fused-ring (bicyclic) bond motifs is 3. The molecule has 2 aromatic heterocycles. The molecule has 16 heavy (non-hydrogen) atoms. The second-order valence-corrected chi connectivity index (χ2v) is 4.11. The first-order valence-corrected chi connectivity index (χ1v) is 5.27. The van der Waals surface area contributed by atoms with Crippen LogP contribution in [0, 0.1) is 0 Å². The SMILES string of the molecule is CC(C)c1nnc2n1COc1cnccc1-2. The molecule has 0 saturated heterocycles. The summed E-state index contributed by atoms with van der Waals surface area (Å²) in [5, 5.41) is 8.43. The molecule has 0 saturated carbocycles. The molecule has 3 heterocycles. The van der Waals surface area contributed by atoms with Gasteiger partial charge in [0.2, 0.25) is 0 Å². The number of aromatic nitrogens is 4. The average molecular weight is 216 g/mol. The zero-order valence-corrected chi connectivity index (χ0v) is 9.21. The summed E-state index contributed by atoms with van der Waals surface area (Å²) in [6.07, 6.45) is 3.45. The van der Waals surface area contributed by atoms with E-state index < -0.39 is 0 Å². The lowest BCUT2D eigenvalue weighted by Gasteiger charge is -2.19. The lowest BCUT2D eigenvalue weighted by Crippen LogP contribution is -2.16. The Morgan fingerprint density at radius 3 is 3.06 bits per heavy atom. The Balaban J connectivity index is 2.19. The Hall–Kier alpha value is -1.91. The molecule has 5 heteroatoms. The second-order valence-electron chi connectivity index (χ2n) is 4.11. The molecule has 0 fully saturated rings. The fraction of sp³-hybridized carbons (Fsp3) is 0.364. The van der Waals surface area contributed by atoms with Gasteiger partial charge in [-0.2, -0.15) is 0 Å². The highest BCUT2D eigenvalue weighted by molar-refractivity contribution is 5.64. The molecule has 0 radical (unpaired) electrons. The van der Waals surface area contributed by atoms with Crippen molar-refractivity contribution in [3.8, 4) is 17.1 Å². The van der Waals surface area contributed by atoms with Gasteiger partial charge in [0.05, 0.1) is 11.8 Å². The van der Waals surface area contributed by atoms with Crippen molar-refractivity contribution in [3.05, 3.63) is 24.3 Å². The molecule has 0 unspecified atom stereocenters. The van der Waals surface area contributed by atoms with Gasteiger partial charge < -0.3 is 4.74 Å². The van der Waals surface area contributed by atoms with Crippen LogP contribution in [0.4, 0.5) is 0 Å². The second kappa shape index (κ2) is 3.30. The Bertz CT molecular complexity index is 533. The van der Waals surface area contributed by atoms with Crippen molar-refractivity contribution in [1.29, 1.82) is 0 Å². The van der Waals surface area contributed by atoms with Gasteiger partial charge in [0, 0.05) is 12.1 Å². The van der Waals surface area contributed by atoms with E-state index in [1.165, 1.54) is 0 Å². The highest BCUT2D eigenvalue weighted by atomic mass is 16.5. The lowest BCUT2D eigenvalue weighted by atomic mass is 10.2. The number of hydrogen-bond donors (Lipinski definition) is 0. The zero-order chi connectivity index (χ0) is 11.1. The van der Waals surface area contributed by atoms with Crippen molar-refractivity contribution in [3.63, 3.8) is 0 Å². The summed E-state index contributed by atoms with van der Waals surface area (Å²) in [7, 11) is 0. The molecule has 82 valence electrons. The predicted molar refractivity (Wildman–Crippen MR) is 58.0 cm³/mol. The summed E-state index contributed by atoms with van der Waals surface area (Å²) in [5.74, 6) is 2.94. The van der Waals surface area contributed by atoms with Crippen LogP contribution in [0.2, 0.25) is 0 Å². The van der Waals surface area contributed by atoms with Gasteiger partial charge in [-0.1, -0.05) is 13.8 Å². The molecule has 0 amide bonds. The van der Waals surface area contributed by atoms with Gasteiger partial charge in [0.15, 0.2) is 18.3 Å². The lowest BCUT2D eigenvalue weighted by molar-refractivity contribution is 0.223. The monoisotopic (exact) mass is 216 g/mol. The van der Waals surface area contributed by atoms with Crippen LogP contribution in [0.3, 0.4) is 0 Å². The minimum absolute atomic E-state index is 0.341. The summed E-state index contributed by atoms with van der Waals surface area (Å²) >= 11 is 0. The highest BCUT2D eigenvalue weighted by Crippen LogP contribution is 2.33. The van der Waals surface area contributed by atoms with E-state index in [0.29, 0.717) is 12.6 Å². The molecule has 3 rings (SSSR count). The zero-order valence-electron chi connectivity index (χ0n) is 9.21. The third-order valence-electron chi connectivity index (χ3n) is 2.67. The summed E-state index contributed by atoms with van der Waals surface area (Å²) in [4.78, 5) is 4.03. The maximum Gasteiger partial charge on any atom is 0.170 e. The number of ether oxygens (including phenoxy) is 1. The third kappa shape index (κ3) is 1.21. The van der Waals surface area contributed by atoms with Gasteiger partial charge in [-0.05, 0) is 6.07 Å². The number of hydrogen-bond acceptors (Lipinski definition) is 4. The van der Waals surface area contributed by atoms with E-state index >= 15 is 0 Å². The quantitative estimate of drug-likeness (QED) is 0.729. The van der Waals surface area contributed by atoms with Gasteiger partial charge in [-0.15, -0.1) is 10.2 Å². The maximum atomic E-state index is 5.62. The van der Waals surface area contributed by atoms with Gasteiger partial charge >= 0.3 is 0 Å². The molecule has 0 aliphatic carbocycles. The smallest absolute Gasteiger partial charge is 0.170 e. The third-order valence-corrected chi connectivity index (χ3v) is 2.67. The number of pyridine rings is 1. The Labute approximate surface area is 93.1 Å². The topological polar surface area (TPSA) is 52.8 Å². The number of rotatable bonds is 1. The van der Waals surface area contributed by atoms with E-state index in [9.17, 15) is 0 Å². The van der Waals surface area contributed by atoms with Crippen molar-refractivity contribution in [2.24, 2.45) is 0 Å². The first-order chi connectivity index (χ1) is 7.77. The standard InChI is InChI=1S/C11H12N4O/c1-7(2)10-13-14-11-8-3-4-12-5-9(8)16-6-15(10)11/h3-5,7H,6H2,1-2H3.